The quantitative estimate of drug-likeness (QED) is 0.676. The summed E-state index contributed by atoms with van der Waals surface area (Å²) in [5.41, 5.74) is 3.30. The Morgan fingerprint density at radius 3 is 2.60 bits per heavy atom. The van der Waals surface area contributed by atoms with E-state index in [1.165, 1.54) is 0 Å². The molecule has 0 atom stereocenters. The van der Waals surface area contributed by atoms with E-state index < -0.39 is 0 Å². The largest absolute Gasteiger partial charge is 0.376 e. The highest BCUT2D eigenvalue weighted by atomic mass is 16.3. The maximum Gasteiger partial charge on any atom is 0.279 e. The van der Waals surface area contributed by atoms with Gasteiger partial charge in [-0.25, -0.2) is 4.58 Å². The lowest BCUT2D eigenvalue weighted by Crippen LogP contribution is -2.24. The minimum absolute atomic E-state index is 0.0352. The zero-order valence-electron chi connectivity index (χ0n) is 11.4. The molecular weight excluding hydrogens is 254 g/mol. The van der Waals surface area contributed by atoms with Crippen LogP contribution in [0.5, 0.6) is 0 Å². The zero-order chi connectivity index (χ0) is 13.9. The van der Waals surface area contributed by atoms with Gasteiger partial charge in [0.25, 0.3) is 5.84 Å². The monoisotopic (exact) mass is 274 g/mol. The number of nitrogens with one attached hydrogen (secondary N) is 1. The molecule has 2 aliphatic rings. The van der Waals surface area contributed by atoms with Crippen LogP contribution in [-0.2, 0) is 0 Å². The first-order valence-corrected chi connectivity index (χ1v) is 6.97. The summed E-state index contributed by atoms with van der Waals surface area (Å²) < 4.78 is 1.92. The summed E-state index contributed by atoms with van der Waals surface area (Å²) in [6.07, 6.45) is 3.14. The first kappa shape index (κ1) is 13.1. The van der Waals surface area contributed by atoms with Crippen LogP contribution in [-0.4, -0.2) is 58.6 Å². The molecule has 0 saturated heterocycles. The van der Waals surface area contributed by atoms with Crippen LogP contribution in [0.15, 0.2) is 30.3 Å². The second kappa shape index (κ2) is 5.64. The average molecular weight is 274 g/mol. The molecule has 5 nitrogen and oxygen atoms in total. The van der Waals surface area contributed by atoms with Crippen LogP contribution < -0.4 is 5.32 Å². The Balaban J connectivity index is 1.85. The third-order valence-corrected chi connectivity index (χ3v) is 3.86. The average Bonchev–Trinajstić information content (AvgIpc) is 3.15. The van der Waals surface area contributed by atoms with Gasteiger partial charge in [-0.2, -0.15) is 0 Å². The Labute approximate surface area is 118 Å². The van der Waals surface area contributed by atoms with Gasteiger partial charge < -0.3 is 15.1 Å². The van der Waals surface area contributed by atoms with Gasteiger partial charge in [-0.05, 0) is 24.1 Å². The first-order chi connectivity index (χ1) is 9.83. The van der Waals surface area contributed by atoms with Crippen LogP contribution >= 0.6 is 0 Å². The summed E-state index contributed by atoms with van der Waals surface area (Å²) >= 11 is 0. The maximum atomic E-state index is 9.33. The highest BCUT2D eigenvalue weighted by Gasteiger charge is 2.22. The molecule has 2 aliphatic heterocycles. The SMILES string of the molecule is OCN1CCC=C1c1ccc(C2=[N+](CO)CCN2)cc1. The van der Waals surface area contributed by atoms with Crippen LogP contribution in [0, 0.1) is 0 Å². The predicted octanol–water partition coefficient (Wildman–Crippen LogP) is -0.00490. The van der Waals surface area contributed by atoms with Gasteiger partial charge in [-0.3, -0.25) is 5.32 Å². The minimum Gasteiger partial charge on any atom is -0.376 e. The summed E-state index contributed by atoms with van der Waals surface area (Å²) in [5, 5.41) is 21.9. The van der Waals surface area contributed by atoms with E-state index >= 15 is 0 Å². The number of nitrogens with zero attached hydrogens (tertiary/aromatic N) is 2. The Bertz CT molecular complexity index is 549. The standard InChI is InChI=1S/C15H19N3O2/c19-10-17-8-1-2-14(17)12-3-5-13(6-4-12)15-16-7-9-18(15)11-20/h2-6,19-20H,1,7-11H2/p+1. The van der Waals surface area contributed by atoms with Crippen LogP contribution in [0.25, 0.3) is 5.70 Å². The Kier molecular flexibility index (Phi) is 3.71. The molecule has 5 heteroatoms. The molecule has 0 aromatic heterocycles. The van der Waals surface area contributed by atoms with Gasteiger partial charge in [0.2, 0.25) is 0 Å². The van der Waals surface area contributed by atoms with Crippen LogP contribution in [0.3, 0.4) is 0 Å². The van der Waals surface area contributed by atoms with Crippen molar-refractivity contribution in [2.24, 2.45) is 0 Å². The van der Waals surface area contributed by atoms with Gasteiger partial charge in [0.15, 0.2) is 6.73 Å². The molecule has 0 amide bonds. The normalized spacial score (nSPS) is 18.5. The van der Waals surface area contributed by atoms with Crippen molar-refractivity contribution in [2.75, 3.05) is 33.1 Å². The summed E-state index contributed by atoms with van der Waals surface area (Å²) in [7, 11) is 0. The van der Waals surface area contributed by atoms with Crippen molar-refractivity contribution in [1.29, 1.82) is 0 Å². The molecule has 20 heavy (non-hydrogen) atoms. The summed E-state index contributed by atoms with van der Waals surface area (Å²) in [6, 6.07) is 8.25. The predicted molar refractivity (Wildman–Crippen MR) is 77.2 cm³/mol. The topological polar surface area (TPSA) is 58.7 Å². The van der Waals surface area contributed by atoms with Crippen LogP contribution in [0.4, 0.5) is 0 Å². The molecule has 0 saturated carbocycles. The Morgan fingerprint density at radius 2 is 1.90 bits per heavy atom. The summed E-state index contributed by atoms with van der Waals surface area (Å²) in [6.45, 7) is 2.67. The van der Waals surface area contributed by atoms with Crippen LogP contribution in [0.2, 0.25) is 0 Å². The van der Waals surface area contributed by atoms with E-state index in [1.54, 1.807) is 0 Å². The Morgan fingerprint density at radius 1 is 1.15 bits per heavy atom. The number of aliphatic hydroxyl groups excluding tert-OH is 2. The number of amidine groups is 1. The minimum atomic E-state index is 0.0352. The lowest BCUT2D eigenvalue weighted by molar-refractivity contribution is -0.554. The van der Waals surface area contributed by atoms with Gasteiger partial charge in [0.05, 0.1) is 5.56 Å². The molecule has 1 aromatic rings. The van der Waals surface area contributed by atoms with Crippen molar-refractivity contribution >= 4 is 11.5 Å². The van der Waals surface area contributed by atoms with E-state index in [4.69, 9.17) is 0 Å². The van der Waals surface area contributed by atoms with Crippen molar-refractivity contribution in [2.45, 2.75) is 6.42 Å². The molecular formula is C15H20N3O2+. The van der Waals surface area contributed by atoms with Crippen molar-refractivity contribution in [3.05, 3.63) is 41.5 Å². The molecule has 0 fully saturated rings. The van der Waals surface area contributed by atoms with Gasteiger partial charge in [-0.1, -0.05) is 18.2 Å². The zero-order valence-corrected chi connectivity index (χ0v) is 11.4. The van der Waals surface area contributed by atoms with Gasteiger partial charge in [0.1, 0.15) is 19.8 Å². The number of hydrogen-bond donors (Lipinski definition) is 3. The maximum absolute atomic E-state index is 9.33. The molecule has 3 rings (SSSR count). The molecule has 0 spiro atoms. The van der Waals surface area contributed by atoms with Gasteiger partial charge in [-0.15, -0.1) is 0 Å². The molecule has 2 heterocycles. The van der Waals surface area contributed by atoms with Gasteiger partial charge in [0, 0.05) is 12.2 Å². The second-order valence-electron chi connectivity index (χ2n) is 5.04. The Hall–Kier alpha value is -1.85. The molecule has 0 unspecified atom stereocenters. The molecule has 0 radical (unpaired) electrons. The van der Waals surface area contributed by atoms with Crippen molar-refractivity contribution in [1.82, 2.24) is 10.2 Å². The molecule has 1 aromatic carbocycles. The van der Waals surface area contributed by atoms with Crippen molar-refractivity contribution < 1.29 is 14.8 Å². The number of hydrogen-bond acceptors (Lipinski definition) is 4. The summed E-state index contributed by atoms with van der Waals surface area (Å²) in [4.78, 5) is 1.97. The third kappa shape index (κ3) is 2.30. The molecule has 106 valence electrons. The van der Waals surface area contributed by atoms with Gasteiger partial charge >= 0.3 is 0 Å². The number of rotatable bonds is 4. The lowest BCUT2D eigenvalue weighted by atomic mass is 10.1. The second-order valence-corrected chi connectivity index (χ2v) is 5.04. The number of benzene rings is 1. The highest BCUT2D eigenvalue weighted by molar-refractivity contribution is 5.95. The van der Waals surface area contributed by atoms with Crippen LogP contribution in [0.1, 0.15) is 17.5 Å². The smallest absolute Gasteiger partial charge is 0.279 e. The summed E-state index contributed by atoms with van der Waals surface area (Å²) in [5.74, 6) is 0.985. The first-order valence-electron chi connectivity index (χ1n) is 6.97. The van der Waals surface area contributed by atoms with E-state index in [0.717, 1.165) is 48.7 Å². The van der Waals surface area contributed by atoms with Crippen molar-refractivity contribution in [3.8, 4) is 0 Å². The number of aliphatic hydroxyl groups is 2. The fourth-order valence-electron chi connectivity index (χ4n) is 2.81. The van der Waals surface area contributed by atoms with E-state index in [2.05, 4.69) is 35.7 Å². The van der Waals surface area contributed by atoms with E-state index in [-0.39, 0.29) is 13.5 Å². The lowest BCUT2D eigenvalue weighted by Gasteiger charge is -2.19. The van der Waals surface area contributed by atoms with E-state index in [9.17, 15) is 10.2 Å². The fraction of sp³-hybridized carbons (Fsp3) is 0.400. The van der Waals surface area contributed by atoms with E-state index in [1.807, 2.05) is 9.48 Å². The highest BCUT2D eigenvalue weighted by Crippen LogP contribution is 2.25. The molecule has 0 aliphatic carbocycles. The van der Waals surface area contributed by atoms with E-state index in [0.29, 0.717) is 0 Å². The fourth-order valence-corrected chi connectivity index (χ4v) is 2.81. The molecule has 0 bridgehead atoms. The van der Waals surface area contributed by atoms with Crippen molar-refractivity contribution in [3.63, 3.8) is 0 Å². The third-order valence-electron chi connectivity index (χ3n) is 3.86. The molecule has 3 N–H and O–H groups in total.